The van der Waals surface area contributed by atoms with Crippen molar-refractivity contribution in [1.82, 2.24) is 20.6 Å². The highest BCUT2D eigenvalue weighted by Crippen LogP contribution is 2.22. The number of hydrogen-bond donors (Lipinski definition) is 2. The van der Waals surface area contributed by atoms with Crippen molar-refractivity contribution in [2.24, 2.45) is 0 Å². The molecule has 0 fully saturated rings. The van der Waals surface area contributed by atoms with Crippen LogP contribution < -0.4 is 15.5 Å². The summed E-state index contributed by atoms with van der Waals surface area (Å²) in [5.74, 6) is -0.273. The smallest absolute Gasteiger partial charge is 0.407 e. The number of amides is 3. The van der Waals surface area contributed by atoms with E-state index < -0.39 is 11.7 Å². The van der Waals surface area contributed by atoms with Gasteiger partial charge in [-0.15, -0.1) is 0 Å². The van der Waals surface area contributed by atoms with Crippen LogP contribution in [-0.2, 0) is 16.1 Å². The van der Waals surface area contributed by atoms with E-state index in [0.29, 0.717) is 36.5 Å². The van der Waals surface area contributed by atoms with Crippen LogP contribution in [0.4, 0.5) is 10.5 Å². The molecular weight excluding hydrogens is 470 g/mol. The van der Waals surface area contributed by atoms with Crippen LogP contribution in [0.2, 0.25) is 0 Å². The van der Waals surface area contributed by atoms with E-state index in [-0.39, 0.29) is 18.4 Å². The molecule has 0 saturated carbocycles. The summed E-state index contributed by atoms with van der Waals surface area (Å²) >= 11 is 0. The minimum absolute atomic E-state index is 0.0569. The van der Waals surface area contributed by atoms with Crippen LogP contribution in [0.25, 0.3) is 11.3 Å². The van der Waals surface area contributed by atoms with Crippen LogP contribution in [0.3, 0.4) is 0 Å². The van der Waals surface area contributed by atoms with Gasteiger partial charge in [-0.05, 0) is 56.7 Å². The molecule has 3 rings (SSSR count). The third-order valence-electron chi connectivity index (χ3n) is 5.28. The summed E-state index contributed by atoms with van der Waals surface area (Å²) in [5.41, 5.74) is 3.05. The van der Waals surface area contributed by atoms with Crippen LogP contribution in [0.5, 0.6) is 0 Å². The van der Waals surface area contributed by atoms with E-state index in [9.17, 15) is 14.4 Å². The van der Waals surface area contributed by atoms with Crippen molar-refractivity contribution < 1.29 is 19.1 Å². The fourth-order valence-electron chi connectivity index (χ4n) is 3.47. The summed E-state index contributed by atoms with van der Waals surface area (Å²) in [7, 11) is 0. The van der Waals surface area contributed by atoms with Crippen LogP contribution in [0.1, 0.15) is 50.0 Å². The first-order valence-corrected chi connectivity index (χ1v) is 12.2. The molecule has 0 aliphatic carbocycles. The van der Waals surface area contributed by atoms with E-state index >= 15 is 0 Å². The largest absolute Gasteiger partial charge is 0.444 e. The average Bonchev–Trinajstić information content (AvgIpc) is 2.89. The summed E-state index contributed by atoms with van der Waals surface area (Å²) in [6, 6.07) is 14.7. The van der Waals surface area contributed by atoms with E-state index in [1.165, 1.54) is 6.20 Å². The number of benzene rings is 1. The van der Waals surface area contributed by atoms with Crippen molar-refractivity contribution in [3.63, 3.8) is 0 Å². The lowest BCUT2D eigenvalue weighted by Gasteiger charge is -2.24. The van der Waals surface area contributed by atoms with Crippen molar-refractivity contribution >= 4 is 23.6 Å². The van der Waals surface area contributed by atoms with E-state index in [0.717, 1.165) is 11.1 Å². The molecule has 0 aliphatic heterocycles. The molecule has 1 aromatic carbocycles. The Hall–Kier alpha value is -4.27. The molecule has 3 amide bonds. The molecule has 0 radical (unpaired) electrons. The third-order valence-corrected chi connectivity index (χ3v) is 5.28. The maximum absolute atomic E-state index is 12.5. The van der Waals surface area contributed by atoms with Gasteiger partial charge in [0.25, 0.3) is 5.91 Å². The van der Waals surface area contributed by atoms with Crippen molar-refractivity contribution in [3.05, 3.63) is 78.2 Å². The molecule has 2 N–H and O–H groups in total. The number of alkyl carbamates (subject to hydrolysis) is 1. The minimum Gasteiger partial charge on any atom is -0.444 e. The predicted molar refractivity (Wildman–Crippen MR) is 142 cm³/mol. The predicted octanol–water partition coefficient (Wildman–Crippen LogP) is 4.34. The molecular formula is C28H33N5O4. The highest BCUT2D eigenvalue weighted by molar-refractivity contribution is 5.94. The summed E-state index contributed by atoms with van der Waals surface area (Å²) in [4.78, 5) is 47.0. The Labute approximate surface area is 217 Å². The van der Waals surface area contributed by atoms with Gasteiger partial charge in [-0.1, -0.05) is 25.1 Å². The normalized spacial score (nSPS) is 10.9. The molecule has 194 valence electrons. The van der Waals surface area contributed by atoms with Gasteiger partial charge in [-0.3, -0.25) is 19.6 Å². The zero-order chi connectivity index (χ0) is 26.8. The SMILES string of the molecule is CCC(=O)N(CCNC(=O)OC(C)(C)C)c1ccc(-c2ccc(C(=O)NCc3cccnc3)cn2)cc1. The summed E-state index contributed by atoms with van der Waals surface area (Å²) < 4.78 is 5.25. The Balaban J connectivity index is 1.61. The molecule has 0 spiro atoms. The fourth-order valence-corrected chi connectivity index (χ4v) is 3.47. The van der Waals surface area contributed by atoms with Gasteiger partial charge in [0.1, 0.15) is 5.60 Å². The van der Waals surface area contributed by atoms with Gasteiger partial charge >= 0.3 is 6.09 Å². The van der Waals surface area contributed by atoms with E-state index in [2.05, 4.69) is 20.6 Å². The molecule has 0 unspecified atom stereocenters. The number of nitrogens with zero attached hydrogens (tertiary/aromatic N) is 3. The lowest BCUT2D eigenvalue weighted by molar-refractivity contribution is -0.118. The Bertz CT molecular complexity index is 1190. The maximum Gasteiger partial charge on any atom is 0.407 e. The minimum atomic E-state index is -0.589. The molecule has 0 saturated heterocycles. The first-order chi connectivity index (χ1) is 17.7. The molecule has 37 heavy (non-hydrogen) atoms. The number of rotatable bonds is 9. The van der Waals surface area contributed by atoms with E-state index in [4.69, 9.17) is 4.74 Å². The molecule has 3 aromatic rings. The zero-order valence-electron chi connectivity index (χ0n) is 21.7. The number of ether oxygens (including phenoxy) is 1. The van der Waals surface area contributed by atoms with Gasteiger partial charge < -0.3 is 20.3 Å². The first-order valence-electron chi connectivity index (χ1n) is 12.2. The second-order valence-corrected chi connectivity index (χ2v) is 9.35. The Kier molecular flexibility index (Phi) is 9.32. The van der Waals surface area contributed by atoms with Crippen LogP contribution in [-0.4, -0.2) is 46.6 Å². The first kappa shape index (κ1) is 27.3. The number of anilines is 1. The van der Waals surface area contributed by atoms with Gasteiger partial charge in [-0.2, -0.15) is 0 Å². The van der Waals surface area contributed by atoms with Crippen LogP contribution in [0, 0.1) is 0 Å². The van der Waals surface area contributed by atoms with Gasteiger partial charge in [-0.25, -0.2) is 4.79 Å². The summed E-state index contributed by atoms with van der Waals surface area (Å²) in [6.07, 6.45) is 4.74. The molecule has 2 heterocycles. The van der Waals surface area contributed by atoms with E-state index in [1.54, 1.807) is 57.1 Å². The highest BCUT2D eigenvalue weighted by atomic mass is 16.6. The number of hydrogen-bond acceptors (Lipinski definition) is 6. The maximum atomic E-state index is 12.5. The molecule has 2 aromatic heterocycles. The quantitative estimate of drug-likeness (QED) is 0.449. The molecule has 9 nitrogen and oxygen atoms in total. The summed E-state index contributed by atoms with van der Waals surface area (Å²) in [6.45, 7) is 8.13. The third kappa shape index (κ3) is 8.42. The van der Waals surface area contributed by atoms with Crippen molar-refractivity contribution in [3.8, 4) is 11.3 Å². The zero-order valence-corrected chi connectivity index (χ0v) is 21.7. The second-order valence-electron chi connectivity index (χ2n) is 9.35. The van der Waals surface area contributed by atoms with Crippen molar-refractivity contribution in [2.75, 3.05) is 18.0 Å². The average molecular weight is 504 g/mol. The number of carbonyl (C=O) groups excluding carboxylic acids is 3. The van der Waals surface area contributed by atoms with Gasteiger partial charge in [0.05, 0.1) is 11.3 Å². The lowest BCUT2D eigenvalue weighted by atomic mass is 10.1. The Morgan fingerprint density at radius 3 is 2.32 bits per heavy atom. The lowest BCUT2D eigenvalue weighted by Crippen LogP contribution is -2.40. The number of nitrogens with one attached hydrogen (secondary N) is 2. The molecule has 0 atom stereocenters. The van der Waals surface area contributed by atoms with Crippen LogP contribution >= 0.6 is 0 Å². The molecule has 0 aliphatic rings. The monoisotopic (exact) mass is 503 g/mol. The van der Waals surface area contributed by atoms with Gasteiger partial charge in [0.15, 0.2) is 0 Å². The van der Waals surface area contributed by atoms with Crippen molar-refractivity contribution in [2.45, 2.75) is 46.3 Å². The Morgan fingerprint density at radius 1 is 0.973 bits per heavy atom. The Morgan fingerprint density at radius 2 is 1.73 bits per heavy atom. The molecule has 0 bridgehead atoms. The summed E-state index contributed by atoms with van der Waals surface area (Å²) in [5, 5.41) is 5.54. The standard InChI is InChI=1S/C28H33N5O4/c1-5-25(34)33(16-15-30-27(36)37-28(2,3)4)23-11-8-21(9-12-23)24-13-10-22(19-31-24)26(35)32-18-20-7-6-14-29-17-20/h6-14,17,19H,5,15-16,18H2,1-4H3,(H,30,36)(H,32,35). The highest BCUT2D eigenvalue weighted by Gasteiger charge is 2.18. The van der Waals surface area contributed by atoms with Crippen LogP contribution in [0.15, 0.2) is 67.1 Å². The van der Waals surface area contributed by atoms with Gasteiger partial charge in [0.2, 0.25) is 5.91 Å². The van der Waals surface area contributed by atoms with E-state index in [1.807, 2.05) is 36.4 Å². The number of pyridine rings is 2. The van der Waals surface area contributed by atoms with Gasteiger partial charge in [0, 0.05) is 55.9 Å². The fraction of sp³-hybridized carbons (Fsp3) is 0.321. The van der Waals surface area contributed by atoms with Crippen molar-refractivity contribution in [1.29, 1.82) is 0 Å². The second kappa shape index (κ2) is 12.6. The number of carbonyl (C=O) groups is 3. The number of aromatic nitrogens is 2. The molecule has 9 heteroatoms. The topological polar surface area (TPSA) is 114 Å².